The first-order valence-corrected chi connectivity index (χ1v) is 9.82. The van der Waals surface area contributed by atoms with Gasteiger partial charge in [0.25, 0.3) is 11.6 Å². The van der Waals surface area contributed by atoms with Gasteiger partial charge in [-0.15, -0.1) is 0 Å². The largest absolute Gasteiger partial charge is 0.341 e. The molecule has 7 heteroatoms. The van der Waals surface area contributed by atoms with Crippen LogP contribution < -0.4 is 5.32 Å². The van der Waals surface area contributed by atoms with E-state index in [2.05, 4.69) is 5.32 Å². The quantitative estimate of drug-likeness (QED) is 0.546. The van der Waals surface area contributed by atoms with Crippen LogP contribution in [-0.2, 0) is 11.3 Å². The van der Waals surface area contributed by atoms with Gasteiger partial charge < -0.3 is 10.2 Å². The van der Waals surface area contributed by atoms with Gasteiger partial charge in [0.15, 0.2) is 0 Å². The third kappa shape index (κ3) is 5.40. The number of carbonyl (C=O) groups is 2. The van der Waals surface area contributed by atoms with Crippen LogP contribution >= 0.6 is 0 Å². The summed E-state index contributed by atoms with van der Waals surface area (Å²) in [4.78, 5) is 37.7. The van der Waals surface area contributed by atoms with Crippen molar-refractivity contribution < 1.29 is 14.5 Å². The molecule has 0 spiro atoms. The first-order valence-electron chi connectivity index (χ1n) is 9.82. The van der Waals surface area contributed by atoms with E-state index in [1.54, 1.807) is 11.8 Å². The molecule has 152 valence electrons. The Morgan fingerprint density at radius 3 is 2.52 bits per heavy atom. The van der Waals surface area contributed by atoms with Gasteiger partial charge in [-0.2, -0.15) is 0 Å². The summed E-state index contributed by atoms with van der Waals surface area (Å²) in [6, 6.07) is 14.5. The third-order valence-electron chi connectivity index (χ3n) is 5.27. The van der Waals surface area contributed by atoms with E-state index in [1.165, 1.54) is 30.7 Å². The second-order valence-electron chi connectivity index (χ2n) is 7.50. The summed E-state index contributed by atoms with van der Waals surface area (Å²) in [6.45, 7) is 2.81. The Hall–Kier alpha value is -3.22. The van der Waals surface area contributed by atoms with Gasteiger partial charge in [0.1, 0.15) is 6.04 Å². The van der Waals surface area contributed by atoms with Crippen molar-refractivity contribution in [3.8, 4) is 0 Å². The molecule has 1 aliphatic rings. The molecule has 0 bridgehead atoms. The number of benzene rings is 2. The molecular weight excluding hydrogens is 370 g/mol. The van der Waals surface area contributed by atoms with E-state index >= 15 is 0 Å². The average molecular weight is 395 g/mol. The summed E-state index contributed by atoms with van der Waals surface area (Å²) in [5.41, 5.74) is 1.04. The summed E-state index contributed by atoms with van der Waals surface area (Å²) in [5.74, 6) is -0.153. The van der Waals surface area contributed by atoms with Crippen LogP contribution in [0.15, 0.2) is 54.6 Å². The molecule has 1 atom stereocenters. The second kappa shape index (κ2) is 9.32. The molecule has 0 aromatic heterocycles. The lowest BCUT2D eigenvalue weighted by Crippen LogP contribution is -2.48. The van der Waals surface area contributed by atoms with Gasteiger partial charge in [-0.3, -0.25) is 19.7 Å². The normalized spacial score (nSPS) is 14.5. The SMILES string of the molecule is CC(NC(=O)c1cccc([N+](=O)[O-])c1)C(=O)N(Cc1ccccc1)CC1CCC1. The Morgan fingerprint density at radius 2 is 1.90 bits per heavy atom. The van der Waals surface area contributed by atoms with Crippen molar-refractivity contribution in [3.05, 3.63) is 75.8 Å². The maximum absolute atomic E-state index is 13.1. The molecule has 2 aromatic rings. The zero-order valence-electron chi connectivity index (χ0n) is 16.4. The second-order valence-corrected chi connectivity index (χ2v) is 7.50. The van der Waals surface area contributed by atoms with E-state index in [0.29, 0.717) is 19.0 Å². The van der Waals surface area contributed by atoms with Crippen LogP contribution in [0.2, 0.25) is 0 Å². The molecule has 1 saturated carbocycles. The molecule has 1 N–H and O–H groups in total. The number of nitrogens with one attached hydrogen (secondary N) is 1. The van der Waals surface area contributed by atoms with E-state index in [4.69, 9.17) is 0 Å². The van der Waals surface area contributed by atoms with Gasteiger partial charge in [-0.1, -0.05) is 42.8 Å². The molecule has 1 aliphatic carbocycles. The standard InChI is InChI=1S/C22H25N3O4/c1-16(23-21(26)19-11-6-12-20(13-19)25(28)29)22(27)24(15-18-9-5-10-18)14-17-7-3-2-4-8-17/h2-4,6-8,11-13,16,18H,5,9-10,14-15H2,1H3,(H,23,26). The fourth-order valence-electron chi connectivity index (χ4n) is 3.40. The lowest BCUT2D eigenvalue weighted by Gasteiger charge is -2.34. The first-order chi connectivity index (χ1) is 13.9. The summed E-state index contributed by atoms with van der Waals surface area (Å²) >= 11 is 0. The van der Waals surface area contributed by atoms with Crippen molar-refractivity contribution in [1.29, 1.82) is 0 Å². The lowest BCUT2D eigenvalue weighted by molar-refractivity contribution is -0.384. The summed E-state index contributed by atoms with van der Waals surface area (Å²) in [5, 5.41) is 13.6. The minimum Gasteiger partial charge on any atom is -0.341 e. The number of non-ortho nitro benzene ring substituents is 1. The minimum absolute atomic E-state index is 0.153. The van der Waals surface area contributed by atoms with E-state index < -0.39 is 16.9 Å². The molecule has 0 saturated heterocycles. The Balaban J connectivity index is 1.68. The Bertz CT molecular complexity index is 881. The molecule has 7 nitrogen and oxygen atoms in total. The van der Waals surface area contributed by atoms with E-state index in [1.807, 2.05) is 30.3 Å². The van der Waals surface area contributed by atoms with Crippen LogP contribution in [0.25, 0.3) is 0 Å². The molecule has 2 aromatic carbocycles. The molecule has 0 aliphatic heterocycles. The number of rotatable bonds is 8. The lowest BCUT2D eigenvalue weighted by atomic mass is 9.85. The highest BCUT2D eigenvalue weighted by Gasteiger charge is 2.27. The first kappa shape index (κ1) is 20.5. The van der Waals surface area contributed by atoms with Crippen LogP contribution in [0.5, 0.6) is 0 Å². The predicted octanol–water partition coefficient (Wildman–Crippen LogP) is 3.54. The smallest absolute Gasteiger partial charge is 0.270 e. The Labute approximate surface area is 169 Å². The van der Waals surface area contributed by atoms with E-state index in [-0.39, 0.29) is 17.2 Å². The predicted molar refractivity (Wildman–Crippen MR) is 109 cm³/mol. The number of hydrogen-bond acceptors (Lipinski definition) is 4. The zero-order valence-corrected chi connectivity index (χ0v) is 16.4. The maximum atomic E-state index is 13.1. The molecule has 1 unspecified atom stereocenters. The van der Waals surface area contributed by atoms with Gasteiger partial charge >= 0.3 is 0 Å². The fraction of sp³-hybridized carbons (Fsp3) is 0.364. The summed E-state index contributed by atoms with van der Waals surface area (Å²) < 4.78 is 0. The monoisotopic (exact) mass is 395 g/mol. The molecule has 29 heavy (non-hydrogen) atoms. The number of carbonyl (C=O) groups excluding carboxylic acids is 2. The summed E-state index contributed by atoms with van der Waals surface area (Å²) in [7, 11) is 0. The van der Waals surface area contributed by atoms with Gasteiger partial charge in [-0.05, 0) is 37.3 Å². The molecule has 3 rings (SSSR count). The number of nitro benzene ring substituents is 1. The van der Waals surface area contributed by atoms with Crippen molar-refractivity contribution in [3.63, 3.8) is 0 Å². The average Bonchev–Trinajstić information content (AvgIpc) is 2.69. The van der Waals surface area contributed by atoms with E-state index in [0.717, 1.165) is 18.4 Å². The van der Waals surface area contributed by atoms with Crippen LogP contribution in [0.4, 0.5) is 5.69 Å². The number of hydrogen-bond donors (Lipinski definition) is 1. The number of nitrogens with zero attached hydrogens (tertiary/aromatic N) is 2. The van der Waals surface area contributed by atoms with Crippen LogP contribution in [-0.4, -0.2) is 34.2 Å². The van der Waals surface area contributed by atoms with Crippen LogP contribution in [0.1, 0.15) is 42.1 Å². The van der Waals surface area contributed by atoms with Crippen molar-refractivity contribution >= 4 is 17.5 Å². The molecule has 0 radical (unpaired) electrons. The van der Waals surface area contributed by atoms with Crippen LogP contribution in [0, 0.1) is 16.0 Å². The summed E-state index contributed by atoms with van der Waals surface area (Å²) in [6.07, 6.45) is 3.43. The van der Waals surface area contributed by atoms with Crippen molar-refractivity contribution in [2.75, 3.05) is 6.54 Å². The Morgan fingerprint density at radius 1 is 1.17 bits per heavy atom. The van der Waals surface area contributed by atoms with Gasteiger partial charge in [0.05, 0.1) is 4.92 Å². The van der Waals surface area contributed by atoms with Crippen molar-refractivity contribution in [1.82, 2.24) is 10.2 Å². The van der Waals surface area contributed by atoms with Gasteiger partial charge in [0.2, 0.25) is 5.91 Å². The van der Waals surface area contributed by atoms with Crippen molar-refractivity contribution in [2.24, 2.45) is 5.92 Å². The maximum Gasteiger partial charge on any atom is 0.270 e. The molecule has 0 heterocycles. The minimum atomic E-state index is -0.731. The molecular formula is C22H25N3O4. The number of amides is 2. The highest BCUT2D eigenvalue weighted by Crippen LogP contribution is 2.28. The molecule has 1 fully saturated rings. The van der Waals surface area contributed by atoms with Crippen molar-refractivity contribution in [2.45, 2.75) is 38.8 Å². The topological polar surface area (TPSA) is 92.5 Å². The highest BCUT2D eigenvalue weighted by molar-refractivity contribution is 5.97. The van der Waals surface area contributed by atoms with E-state index in [9.17, 15) is 19.7 Å². The Kier molecular flexibility index (Phi) is 6.59. The zero-order chi connectivity index (χ0) is 20.8. The fourth-order valence-corrected chi connectivity index (χ4v) is 3.40. The third-order valence-corrected chi connectivity index (χ3v) is 5.27. The van der Waals surface area contributed by atoms with Crippen LogP contribution in [0.3, 0.4) is 0 Å². The highest BCUT2D eigenvalue weighted by atomic mass is 16.6. The number of nitro groups is 1. The van der Waals surface area contributed by atoms with Gasteiger partial charge in [0, 0.05) is 30.8 Å². The van der Waals surface area contributed by atoms with Gasteiger partial charge in [-0.25, -0.2) is 0 Å². The molecule has 2 amide bonds.